The van der Waals surface area contributed by atoms with Gasteiger partial charge in [0.2, 0.25) is 10.0 Å². The van der Waals surface area contributed by atoms with Crippen LogP contribution in [-0.2, 0) is 16.6 Å². The van der Waals surface area contributed by atoms with Crippen molar-refractivity contribution in [3.63, 3.8) is 0 Å². The monoisotopic (exact) mass is 309 g/mol. The first kappa shape index (κ1) is 16.6. The third kappa shape index (κ3) is 4.01. The maximum Gasteiger partial charge on any atom is 0.270 e. The Labute approximate surface area is 116 Å². The fraction of sp³-hybridized carbons (Fsp3) is 0.545. The fourth-order valence-corrected chi connectivity index (χ4v) is 2.30. The van der Waals surface area contributed by atoms with Crippen molar-refractivity contribution in [2.45, 2.75) is 31.2 Å². The summed E-state index contributed by atoms with van der Waals surface area (Å²) in [6.45, 7) is 1.53. The molecule has 0 aliphatic rings. The summed E-state index contributed by atoms with van der Waals surface area (Å²) in [4.78, 5) is 13.1. The lowest BCUT2D eigenvalue weighted by Crippen LogP contribution is -2.29. The third-order valence-corrected chi connectivity index (χ3v) is 3.54. The third-order valence-electron chi connectivity index (χ3n) is 2.66. The summed E-state index contributed by atoms with van der Waals surface area (Å²) in [6, 6.07) is 1.02. The van der Waals surface area contributed by atoms with Crippen molar-refractivity contribution in [1.82, 2.24) is 9.47 Å². The molecule has 9 heteroatoms. The smallest absolute Gasteiger partial charge is 0.270 e. The number of sulfonamides is 1. The number of nitrogens with zero attached hydrogens (tertiary/aromatic N) is 2. The molecule has 0 aliphatic heterocycles. The molecule has 2 N–H and O–H groups in total. The van der Waals surface area contributed by atoms with E-state index in [2.05, 4.69) is 0 Å². The van der Waals surface area contributed by atoms with Gasteiger partial charge < -0.3 is 9.47 Å². The highest BCUT2D eigenvalue weighted by atomic mass is 32.2. The SMILES string of the molecule is CCCN(C)C(=O)c1cc(S(N)(=O)=O)cn1CC(F)F. The van der Waals surface area contributed by atoms with Gasteiger partial charge in [-0.3, -0.25) is 4.79 Å². The van der Waals surface area contributed by atoms with E-state index in [9.17, 15) is 22.0 Å². The zero-order chi connectivity index (χ0) is 15.5. The fourth-order valence-electron chi connectivity index (χ4n) is 1.75. The highest BCUT2D eigenvalue weighted by Crippen LogP contribution is 2.16. The standard InChI is InChI=1S/C11H17F2N3O3S/c1-3-4-15(2)11(17)9-5-8(20(14,18)19)6-16(9)7-10(12)13/h5-6,10H,3-4,7H2,1-2H3,(H2,14,18,19). The van der Waals surface area contributed by atoms with Crippen molar-refractivity contribution in [2.75, 3.05) is 13.6 Å². The average Bonchev–Trinajstić information content (AvgIpc) is 2.71. The zero-order valence-electron chi connectivity index (χ0n) is 11.2. The molecular formula is C11H17F2N3O3S. The van der Waals surface area contributed by atoms with Crippen LogP contribution in [0.2, 0.25) is 0 Å². The molecule has 0 bridgehead atoms. The van der Waals surface area contributed by atoms with E-state index < -0.39 is 28.9 Å². The Morgan fingerprint density at radius 2 is 2.10 bits per heavy atom. The van der Waals surface area contributed by atoms with E-state index in [4.69, 9.17) is 5.14 Å². The van der Waals surface area contributed by atoms with E-state index in [-0.39, 0.29) is 10.6 Å². The lowest BCUT2D eigenvalue weighted by atomic mass is 10.3. The first-order valence-electron chi connectivity index (χ1n) is 5.93. The van der Waals surface area contributed by atoms with Crippen LogP contribution in [0.15, 0.2) is 17.2 Å². The molecule has 0 aromatic carbocycles. The summed E-state index contributed by atoms with van der Waals surface area (Å²) in [5.41, 5.74) is -0.120. The van der Waals surface area contributed by atoms with E-state index in [0.29, 0.717) is 13.0 Å². The van der Waals surface area contributed by atoms with Crippen LogP contribution in [0.25, 0.3) is 0 Å². The van der Waals surface area contributed by atoms with Crippen molar-refractivity contribution < 1.29 is 22.0 Å². The molecule has 1 rings (SSSR count). The number of nitrogens with two attached hydrogens (primary N) is 1. The summed E-state index contributed by atoms with van der Waals surface area (Å²) in [5, 5.41) is 4.95. The van der Waals surface area contributed by atoms with E-state index in [1.165, 1.54) is 11.9 Å². The van der Waals surface area contributed by atoms with Gasteiger partial charge in [-0.2, -0.15) is 0 Å². The number of rotatable bonds is 6. The van der Waals surface area contributed by atoms with E-state index in [1.54, 1.807) is 0 Å². The van der Waals surface area contributed by atoms with Crippen LogP contribution >= 0.6 is 0 Å². The Bertz CT molecular complexity index is 584. The molecule has 114 valence electrons. The molecule has 0 spiro atoms. The number of aromatic nitrogens is 1. The van der Waals surface area contributed by atoms with Gasteiger partial charge >= 0.3 is 0 Å². The number of primary sulfonamides is 1. The molecule has 0 radical (unpaired) electrons. The summed E-state index contributed by atoms with van der Waals surface area (Å²) < 4.78 is 48.4. The van der Waals surface area contributed by atoms with Gasteiger partial charge in [0.25, 0.3) is 12.3 Å². The summed E-state index contributed by atoms with van der Waals surface area (Å²) in [6.07, 6.45) is -1.06. The van der Waals surface area contributed by atoms with E-state index >= 15 is 0 Å². The summed E-state index contributed by atoms with van der Waals surface area (Å²) >= 11 is 0. The predicted octanol–water partition coefficient (Wildman–Crippen LogP) is 0.883. The molecule has 1 heterocycles. The molecular weight excluding hydrogens is 292 g/mol. The number of amides is 1. The van der Waals surface area contributed by atoms with Gasteiger partial charge in [0.15, 0.2) is 0 Å². The Morgan fingerprint density at radius 3 is 2.55 bits per heavy atom. The molecule has 20 heavy (non-hydrogen) atoms. The van der Waals surface area contributed by atoms with Crippen molar-refractivity contribution in [3.8, 4) is 0 Å². The number of hydrogen-bond donors (Lipinski definition) is 1. The number of carbonyl (C=O) groups excluding carboxylic acids is 1. The molecule has 1 aromatic heterocycles. The van der Waals surface area contributed by atoms with Crippen LogP contribution in [-0.4, -0.2) is 43.8 Å². The normalized spacial score (nSPS) is 11.9. The minimum absolute atomic E-state index is 0.120. The number of carbonyl (C=O) groups is 1. The number of alkyl halides is 2. The van der Waals surface area contributed by atoms with Crippen LogP contribution in [0, 0.1) is 0 Å². The molecule has 1 aromatic rings. The van der Waals surface area contributed by atoms with Crippen molar-refractivity contribution in [3.05, 3.63) is 18.0 Å². The molecule has 0 aliphatic carbocycles. The molecule has 0 atom stereocenters. The second-order valence-electron chi connectivity index (χ2n) is 4.38. The summed E-state index contributed by atoms with van der Waals surface area (Å²) in [5.74, 6) is -0.526. The molecule has 0 saturated heterocycles. The van der Waals surface area contributed by atoms with Gasteiger partial charge in [-0.05, 0) is 12.5 Å². The van der Waals surface area contributed by atoms with Crippen LogP contribution in [0.5, 0.6) is 0 Å². The van der Waals surface area contributed by atoms with Gasteiger partial charge in [-0.15, -0.1) is 0 Å². The topological polar surface area (TPSA) is 85.4 Å². The van der Waals surface area contributed by atoms with Crippen molar-refractivity contribution >= 4 is 15.9 Å². The second kappa shape index (κ2) is 6.31. The van der Waals surface area contributed by atoms with Crippen LogP contribution in [0.3, 0.4) is 0 Å². The summed E-state index contributed by atoms with van der Waals surface area (Å²) in [7, 11) is -2.53. The Kier molecular flexibility index (Phi) is 5.23. The first-order valence-corrected chi connectivity index (χ1v) is 7.48. The van der Waals surface area contributed by atoms with Gasteiger partial charge in [0.05, 0.1) is 6.54 Å². The first-order chi connectivity index (χ1) is 9.16. The molecule has 0 unspecified atom stereocenters. The van der Waals surface area contributed by atoms with Crippen LogP contribution in [0.1, 0.15) is 23.8 Å². The molecule has 1 amide bonds. The molecule has 0 fully saturated rings. The van der Waals surface area contributed by atoms with Gasteiger partial charge in [-0.25, -0.2) is 22.3 Å². The van der Waals surface area contributed by atoms with Gasteiger partial charge in [0.1, 0.15) is 10.6 Å². The Morgan fingerprint density at radius 1 is 1.50 bits per heavy atom. The van der Waals surface area contributed by atoms with Crippen LogP contribution in [0.4, 0.5) is 8.78 Å². The van der Waals surface area contributed by atoms with E-state index in [0.717, 1.165) is 16.8 Å². The zero-order valence-corrected chi connectivity index (χ0v) is 12.0. The predicted molar refractivity (Wildman–Crippen MR) is 69.1 cm³/mol. The highest BCUT2D eigenvalue weighted by Gasteiger charge is 2.22. The largest absolute Gasteiger partial charge is 0.340 e. The quantitative estimate of drug-likeness (QED) is 0.846. The molecule has 0 saturated carbocycles. The van der Waals surface area contributed by atoms with E-state index in [1.807, 2.05) is 6.92 Å². The lowest BCUT2D eigenvalue weighted by molar-refractivity contribution is 0.0774. The number of halogens is 2. The molecule has 6 nitrogen and oxygen atoms in total. The lowest BCUT2D eigenvalue weighted by Gasteiger charge is -2.17. The van der Waals surface area contributed by atoms with Crippen molar-refractivity contribution in [1.29, 1.82) is 0 Å². The minimum Gasteiger partial charge on any atom is -0.340 e. The van der Waals surface area contributed by atoms with Gasteiger partial charge in [-0.1, -0.05) is 6.92 Å². The number of hydrogen-bond acceptors (Lipinski definition) is 3. The highest BCUT2D eigenvalue weighted by molar-refractivity contribution is 7.89. The maximum atomic E-state index is 12.5. The maximum absolute atomic E-state index is 12.5. The second-order valence-corrected chi connectivity index (χ2v) is 5.94. The Balaban J connectivity index is 3.22. The average molecular weight is 309 g/mol. The minimum atomic E-state index is -4.05. The Hall–Kier alpha value is -1.48. The van der Waals surface area contributed by atoms with Gasteiger partial charge in [0, 0.05) is 19.8 Å². The van der Waals surface area contributed by atoms with Crippen molar-refractivity contribution in [2.24, 2.45) is 5.14 Å². The van der Waals surface area contributed by atoms with Crippen LogP contribution < -0.4 is 5.14 Å².